The lowest BCUT2D eigenvalue weighted by Gasteiger charge is -2.16. The summed E-state index contributed by atoms with van der Waals surface area (Å²) < 4.78 is 18.8. The molecule has 1 fully saturated rings. The summed E-state index contributed by atoms with van der Waals surface area (Å²) in [6, 6.07) is 8.31. The van der Waals surface area contributed by atoms with Crippen molar-refractivity contribution in [3.8, 4) is 11.4 Å². The van der Waals surface area contributed by atoms with Crippen LogP contribution in [0.3, 0.4) is 0 Å². The Morgan fingerprint density at radius 3 is 3.14 bits per heavy atom. The molecule has 6 nitrogen and oxygen atoms in total. The van der Waals surface area contributed by atoms with E-state index in [1.54, 1.807) is 0 Å². The summed E-state index contributed by atoms with van der Waals surface area (Å²) in [7, 11) is 0. The van der Waals surface area contributed by atoms with Gasteiger partial charge in [0, 0.05) is 18.7 Å². The largest absolute Gasteiger partial charge is 0.379 e. The predicted octanol–water partition coefficient (Wildman–Crippen LogP) is 1.78. The van der Waals surface area contributed by atoms with Crippen molar-refractivity contribution in [3.63, 3.8) is 0 Å². The van der Waals surface area contributed by atoms with E-state index in [1.807, 2.05) is 6.07 Å². The quantitative estimate of drug-likeness (QED) is 0.861. The molecule has 0 saturated carbocycles. The molecule has 0 aliphatic carbocycles. The predicted molar refractivity (Wildman–Crippen MR) is 79.1 cm³/mol. The average Bonchev–Trinajstić information content (AvgIpc) is 3.23. The monoisotopic (exact) mass is 301 g/mol. The Balaban J connectivity index is 1.52. The highest BCUT2D eigenvalue weighted by atomic mass is 16.5. The van der Waals surface area contributed by atoms with Crippen molar-refractivity contribution in [1.82, 2.24) is 14.8 Å². The second-order valence-corrected chi connectivity index (χ2v) is 5.64. The average molecular weight is 301 g/mol. The Morgan fingerprint density at radius 2 is 2.23 bits per heavy atom. The van der Waals surface area contributed by atoms with E-state index < -0.39 is 0 Å². The molecule has 0 N–H and O–H groups in total. The van der Waals surface area contributed by atoms with Gasteiger partial charge in [-0.15, -0.1) is 10.2 Å². The fourth-order valence-corrected chi connectivity index (χ4v) is 2.87. The van der Waals surface area contributed by atoms with Crippen LogP contribution in [-0.2, 0) is 34.0 Å². The summed E-state index contributed by atoms with van der Waals surface area (Å²) in [5.41, 5.74) is 2.22. The van der Waals surface area contributed by atoms with Crippen LogP contribution < -0.4 is 0 Å². The zero-order valence-electron chi connectivity index (χ0n) is 12.4. The Bertz CT molecular complexity index is 650. The van der Waals surface area contributed by atoms with Gasteiger partial charge in [-0.05, 0) is 18.1 Å². The van der Waals surface area contributed by atoms with Gasteiger partial charge in [-0.3, -0.25) is 0 Å². The molecule has 1 saturated heterocycles. The molecule has 4 rings (SSSR count). The third-order valence-electron chi connectivity index (χ3n) is 4.08. The van der Waals surface area contributed by atoms with Crippen LogP contribution in [0, 0.1) is 0 Å². The summed E-state index contributed by atoms with van der Waals surface area (Å²) in [5, 5.41) is 8.53. The number of ether oxygens (including phenoxy) is 3. The smallest absolute Gasteiger partial charge is 0.164 e. The lowest BCUT2D eigenvalue weighted by atomic mass is 10.1. The minimum atomic E-state index is 0.224. The van der Waals surface area contributed by atoms with Crippen molar-refractivity contribution in [2.24, 2.45) is 0 Å². The van der Waals surface area contributed by atoms with Gasteiger partial charge in [-0.2, -0.15) is 0 Å². The van der Waals surface area contributed by atoms with E-state index >= 15 is 0 Å². The van der Waals surface area contributed by atoms with Crippen LogP contribution in [0.4, 0.5) is 0 Å². The molecular weight excluding hydrogens is 282 g/mol. The molecule has 1 aromatic heterocycles. The lowest BCUT2D eigenvalue weighted by molar-refractivity contribution is 0.0318. The van der Waals surface area contributed by atoms with E-state index in [2.05, 4.69) is 33.0 Å². The van der Waals surface area contributed by atoms with Gasteiger partial charge in [0.25, 0.3) is 0 Å². The Morgan fingerprint density at radius 1 is 1.23 bits per heavy atom. The number of hydrogen-bond donors (Lipinski definition) is 0. The highest BCUT2D eigenvalue weighted by Crippen LogP contribution is 2.22. The number of nitrogens with zero attached hydrogens (tertiary/aromatic N) is 3. The van der Waals surface area contributed by atoms with E-state index in [0.29, 0.717) is 26.4 Å². The molecule has 116 valence electrons. The first kappa shape index (κ1) is 13.9. The van der Waals surface area contributed by atoms with Gasteiger partial charge in [-0.25, -0.2) is 0 Å². The van der Waals surface area contributed by atoms with Crippen molar-refractivity contribution in [2.45, 2.75) is 32.3 Å². The summed E-state index contributed by atoms with van der Waals surface area (Å²) in [6.45, 7) is 4.17. The first-order valence-corrected chi connectivity index (χ1v) is 7.68. The van der Waals surface area contributed by atoms with Crippen LogP contribution >= 0.6 is 0 Å². The van der Waals surface area contributed by atoms with Gasteiger partial charge in [0.05, 0.1) is 25.9 Å². The number of fused-ring (bicyclic) bond motifs is 1. The van der Waals surface area contributed by atoms with Crippen molar-refractivity contribution in [1.29, 1.82) is 0 Å². The number of aromatic nitrogens is 3. The topological polar surface area (TPSA) is 58.4 Å². The van der Waals surface area contributed by atoms with Gasteiger partial charge in [-0.1, -0.05) is 18.2 Å². The first-order chi connectivity index (χ1) is 10.9. The molecule has 0 radical (unpaired) electrons. The Kier molecular flexibility index (Phi) is 3.88. The highest BCUT2D eigenvalue weighted by molar-refractivity contribution is 5.56. The number of rotatable bonds is 4. The molecule has 0 bridgehead atoms. The maximum atomic E-state index is 5.89. The van der Waals surface area contributed by atoms with E-state index in [0.717, 1.165) is 42.3 Å². The van der Waals surface area contributed by atoms with E-state index in [4.69, 9.17) is 14.2 Å². The summed E-state index contributed by atoms with van der Waals surface area (Å²) in [4.78, 5) is 0. The van der Waals surface area contributed by atoms with Gasteiger partial charge < -0.3 is 18.8 Å². The first-order valence-electron chi connectivity index (χ1n) is 7.68. The molecule has 0 amide bonds. The van der Waals surface area contributed by atoms with Gasteiger partial charge in [0.2, 0.25) is 0 Å². The molecule has 2 aliphatic heterocycles. The molecule has 1 atom stereocenters. The second kappa shape index (κ2) is 6.16. The molecule has 22 heavy (non-hydrogen) atoms. The fraction of sp³-hybridized carbons (Fsp3) is 0.500. The molecule has 2 aliphatic rings. The molecule has 1 aromatic carbocycles. The van der Waals surface area contributed by atoms with Crippen molar-refractivity contribution in [3.05, 3.63) is 35.7 Å². The zero-order valence-corrected chi connectivity index (χ0v) is 12.4. The minimum absolute atomic E-state index is 0.224. The second-order valence-electron chi connectivity index (χ2n) is 5.64. The highest BCUT2D eigenvalue weighted by Gasteiger charge is 2.18. The number of benzene rings is 1. The van der Waals surface area contributed by atoms with Crippen LogP contribution in [0.1, 0.15) is 17.8 Å². The van der Waals surface area contributed by atoms with Crippen LogP contribution in [0.15, 0.2) is 24.3 Å². The summed E-state index contributed by atoms with van der Waals surface area (Å²) >= 11 is 0. The van der Waals surface area contributed by atoms with Gasteiger partial charge in [0.1, 0.15) is 6.61 Å². The van der Waals surface area contributed by atoms with E-state index in [9.17, 15) is 0 Å². The standard InChI is InChI=1S/C16H19N3O3/c1-2-12(9-22-14-4-6-20-10-14)8-13(3-1)16-18-17-15-11-21-7-5-19(15)16/h1-3,8,14H,4-7,9-11H2. The minimum Gasteiger partial charge on any atom is -0.379 e. The molecule has 3 heterocycles. The molecule has 1 unspecified atom stereocenters. The summed E-state index contributed by atoms with van der Waals surface area (Å²) in [5.74, 6) is 1.80. The van der Waals surface area contributed by atoms with Crippen LogP contribution in [0.5, 0.6) is 0 Å². The van der Waals surface area contributed by atoms with Crippen molar-refractivity contribution in [2.75, 3.05) is 19.8 Å². The molecule has 6 heteroatoms. The Labute approximate surface area is 129 Å². The third kappa shape index (κ3) is 2.77. The maximum Gasteiger partial charge on any atom is 0.164 e. The molecule has 0 spiro atoms. The lowest BCUT2D eigenvalue weighted by Crippen LogP contribution is -2.17. The maximum absolute atomic E-state index is 5.89. The fourth-order valence-electron chi connectivity index (χ4n) is 2.87. The number of hydrogen-bond acceptors (Lipinski definition) is 5. The Hall–Kier alpha value is -1.76. The van der Waals surface area contributed by atoms with Crippen LogP contribution in [0.2, 0.25) is 0 Å². The van der Waals surface area contributed by atoms with Crippen LogP contribution in [0.25, 0.3) is 11.4 Å². The summed E-state index contributed by atoms with van der Waals surface area (Å²) in [6.07, 6.45) is 1.21. The molecular formula is C16H19N3O3. The van der Waals surface area contributed by atoms with Crippen molar-refractivity contribution >= 4 is 0 Å². The third-order valence-corrected chi connectivity index (χ3v) is 4.08. The van der Waals surface area contributed by atoms with Gasteiger partial charge in [0.15, 0.2) is 11.6 Å². The van der Waals surface area contributed by atoms with E-state index in [-0.39, 0.29) is 6.10 Å². The van der Waals surface area contributed by atoms with Crippen molar-refractivity contribution < 1.29 is 14.2 Å². The zero-order chi connectivity index (χ0) is 14.8. The SMILES string of the molecule is c1cc(COC2CCOC2)cc(-c2nnc3n2CCOC3)c1. The molecule has 2 aromatic rings. The van der Waals surface area contributed by atoms with E-state index in [1.165, 1.54) is 0 Å². The normalized spacial score (nSPS) is 21.0. The van der Waals surface area contributed by atoms with Crippen LogP contribution in [-0.4, -0.2) is 40.7 Å². The van der Waals surface area contributed by atoms with Gasteiger partial charge >= 0.3 is 0 Å².